The van der Waals surface area contributed by atoms with Gasteiger partial charge in [-0.15, -0.1) is 0 Å². The third kappa shape index (κ3) is 15.2. The lowest BCUT2D eigenvalue weighted by atomic mass is 10.0. The molecule has 0 saturated carbocycles. The Morgan fingerprint density at radius 2 is 1.63 bits per heavy atom. The number of alkyl carbamates (subject to hydrolysis) is 1. The molecule has 1 aliphatic heterocycles. The number of ether oxygens (including phenoxy) is 2. The number of para-hydroxylation sites is 1. The van der Waals surface area contributed by atoms with Crippen molar-refractivity contribution in [3.8, 4) is 0 Å². The van der Waals surface area contributed by atoms with Gasteiger partial charge in [-0.1, -0.05) is 62.4 Å². The van der Waals surface area contributed by atoms with E-state index in [1.165, 1.54) is 0 Å². The number of nitrogens with zero attached hydrogens (tertiary/aromatic N) is 1. The number of esters is 1. The first-order valence-corrected chi connectivity index (χ1v) is 15.0. The van der Waals surface area contributed by atoms with Gasteiger partial charge >= 0.3 is 18.0 Å². The van der Waals surface area contributed by atoms with Gasteiger partial charge in [0.05, 0.1) is 0 Å². The average molecular weight is 599 g/mol. The topological polar surface area (TPSA) is 122 Å². The van der Waals surface area contributed by atoms with E-state index < -0.39 is 29.3 Å². The molecule has 1 aliphatic carbocycles. The number of benzene rings is 1. The van der Waals surface area contributed by atoms with E-state index in [2.05, 4.69) is 5.32 Å². The molecular weight excluding hydrogens is 548 g/mol. The molecule has 3 rings (SSSR count). The molecule has 1 atom stereocenters. The zero-order chi connectivity index (χ0) is 32.6. The van der Waals surface area contributed by atoms with E-state index in [0.29, 0.717) is 19.3 Å². The second kappa shape index (κ2) is 17.9. The van der Waals surface area contributed by atoms with Crippen molar-refractivity contribution in [2.75, 3.05) is 11.4 Å². The highest BCUT2D eigenvalue weighted by Gasteiger charge is 2.27. The maximum absolute atomic E-state index is 12.2. The van der Waals surface area contributed by atoms with E-state index in [0.717, 1.165) is 36.1 Å². The molecule has 1 aromatic carbocycles. The summed E-state index contributed by atoms with van der Waals surface area (Å²) in [6, 6.07) is 6.79. The van der Waals surface area contributed by atoms with Crippen LogP contribution in [-0.4, -0.2) is 52.8 Å². The van der Waals surface area contributed by atoms with Crippen LogP contribution in [0.5, 0.6) is 0 Å². The van der Waals surface area contributed by atoms with Crippen LogP contribution in [0, 0.1) is 0 Å². The normalized spacial score (nSPS) is 15.1. The van der Waals surface area contributed by atoms with Crippen molar-refractivity contribution < 1.29 is 33.8 Å². The molecular formula is C34H50N2O7. The van der Waals surface area contributed by atoms with E-state index >= 15 is 0 Å². The van der Waals surface area contributed by atoms with Crippen LogP contribution >= 0.6 is 0 Å². The summed E-state index contributed by atoms with van der Waals surface area (Å²) in [7, 11) is 0. The Hall–Kier alpha value is -3.88. The number of nitrogens with one attached hydrogen (secondary N) is 1. The maximum atomic E-state index is 12.2. The third-order valence-corrected chi connectivity index (χ3v) is 5.89. The number of amides is 2. The zero-order valence-electron chi connectivity index (χ0n) is 27.1. The molecule has 0 fully saturated rings. The molecule has 9 heteroatoms. The lowest BCUT2D eigenvalue weighted by Crippen LogP contribution is -2.43. The van der Waals surface area contributed by atoms with Gasteiger partial charge in [-0.05, 0) is 90.8 Å². The fourth-order valence-electron chi connectivity index (χ4n) is 4.17. The van der Waals surface area contributed by atoms with Crippen LogP contribution in [0.1, 0.15) is 93.1 Å². The van der Waals surface area contributed by atoms with Crippen molar-refractivity contribution in [2.24, 2.45) is 0 Å². The molecule has 0 spiro atoms. The molecule has 9 nitrogen and oxygen atoms in total. The minimum Gasteiger partial charge on any atom is -0.480 e. The lowest BCUT2D eigenvalue weighted by molar-refractivity contribution is -0.153. The first-order valence-electron chi connectivity index (χ1n) is 15.0. The number of carbonyl (C=O) groups excluding carboxylic acids is 3. The summed E-state index contributed by atoms with van der Waals surface area (Å²) in [5.74, 6) is -1.45. The average Bonchev–Trinajstić information content (AvgIpc) is 3.25. The summed E-state index contributed by atoms with van der Waals surface area (Å²) in [5, 5.41) is 11.6. The Bertz CT molecular complexity index is 1170. The number of anilines is 1. The molecule has 1 unspecified atom stereocenters. The van der Waals surface area contributed by atoms with E-state index in [-0.39, 0.29) is 18.4 Å². The van der Waals surface area contributed by atoms with E-state index in [1.807, 2.05) is 89.3 Å². The van der Waals surface area contributed by atoms with Crippen molar-refractivity contribution in [1.82, 2.24) is 5.32 Å². The standard InChI is InChI=1S/C16H23NO4.C16H21NO3.C2H6/c1-16(2,3)21-15(20)17-13(14(18)19)11-10-12-8-6-4-5-7-9-12;1-16(2,3)20-15(19)11-17-13-9-5-4-7-12(13)8-6-10-14(17)18;1-2/h4,6-9,13H,5,10-11H2,1-3H3,(H,17,20)(H,18,19);4-5,7,9H,6,8,10-11H2,1-3H3;1-2H3. The number of carboxylic acids is 1. The molecule has 1 aromatic rings. The van der Waals surface area contributed by atoms with Crippen LogP contribution in [-0.2, 0) is 30.3 Å². The molecule has 0 bridgehead atoms. The molecule has 0 radical (unpaired) electrons. The fraction of sp³-hybridized carbons (Fsp3) is 0.529. The van der Waals surface area contributed by atoms with E-state index in [9.17, 15) is 24.3 Å². The summed E-state index contributed by atoms with van der Waals surface area (Å²) in [6.07, 6.45) is 13.1. The first-order chi connectivity index (χ1) is 20.1. The number of allylic oxidation sites excluding steroid dienone is 6. The number of aliphatic carboxylic acids is 1. The predicted octanol–water partition coefficient (Wildman–Crippen LogP) is 6.91. The Morgan fingerprint density at radius 3 is 2.26 bits per heavy atom. The third-order valence-electron chi connectivity index (χ3n) is 5.89. The highest BCUT2D eigenvalue weighted by atomic mass is 16.6. The quantitative estimate of drug-likeness (QED) is 0.327. The summed E-state index contributed by atoms with van der Waals surface area (Å²) in [6.45, 7) is 14.6. The number of rotatable bonds is 7. The van der Waals surface area contributed by atoms with Crippen molar-refractivity contribution >= 4 is 29.6 Å². The van der Waals surface area contributed by atoms with Crippen molar-refractivity contribution in [2.45, 2.75) is 111 Å². The molecule has 0 saturated heterocycles. The fourth-order valence-corrected chi connectivity index (χ4v) is 4.17. The van der Waals surface area contributed by atoms with E-state index in [1.54, 1.807) is 25.7 Å². The van der Waals surface area contributed by atoms with Gasteiger partial charge in [0.15, 0.2) is 0 Å². The van der Waals surface area contributed by atoms with Crippen LogP contribution in [0.4, 0.5) is 10.5 Å². The predicted molar refractivity (Wildman–Crippen MR) is 170 cm³/mol. The Morgan fingerprint density at radius 1 is 0.977 bits per heavy atom. The smallest absolute Gasteiger partial charge is 0.408 e. The van der Waals surface area contributed by atoms with Gasteiger partial charge in [0, 0.05) is 12.1 Å². The number of carboxylic acid groups (broad SMARTS) is 1. The van der Waals surface area contributed by atoms with Gasteiger partial charge < -0.3 is 24.8 Å². The molecule has 2 amide bonds. The Kier molecular flexibility index (Phi) is 15.5. The van der Waals surface area contributed by atoms with Gasteiger partial charge in [-0.2, -0.15) is 0 Å². The van der Waals surface area contributed by atoms with E-state index in [4.69, 9.17) is 9.47 Å². The van der Waals surface area contributed by atoms with Gasteiger partial charge in [-0.25, -0.2) is 9.59 Å². The van der Waals surface area contributed by atoms with Gasteiger partial charge in [0.1, 0.15) is 23.8 Å². The van der Waals surface area contributed by atoms with Crippen LogP contribution in [0.3, 0.4) is 0 Å². The Labute approximate surface area is 257 Å². The lowest BCUT2D eigenvalue weighted by Gasteiger charge is -2.25. The highest BCUT2D eigenvalue weighted by molar-refractivity contribution is 5.99. The van der Waals surface area contributed by atoms with Crippen molar-refractivity contribution in [3.05, 3.63) is 65.8 Å². The Balaban J connectivity index is 0.000000407. The minimum absolute atomic E-state index is 0.0131. The molecule has 2 aliphatic rings. The zero-order valence-corrected chi connectivity index (χ0v) is 27.1. The molecule has 2 N–H and O–H groups in total. The van der Waals surface area contributed by atoms with Gasteiger partial charge in [-0.3, -0.25) is 9.59 Å². The van der Waals surface area contributed by atoms with Crippen molar-refractivity contribution in [3.63, 3.8) is 0 Å². The summed E-state index contributed by atoms with van der Waals surface area (Å²) >= 11 is 0. The van der Waals surface area contributed by atoms with Crippen LogP contribution in [0.2, 0.25) is 0 Å². The number of fused-ring (bicyclic) bond motifs is 1. The molecule has 0 aromatic heterocycles. The maximum Gasteiger partial charge on any atom is 0.408 e. The summed E-state index contributed by atoms with van der Waals surface area (Å²) in [4.78, 5) is 48.6. The number of carbonyl (C=O) groups is 4. The summed E-state index contributed by atoms with van der Waals surface area (Å²) < 4.78 is 10.4. The van der Waals surface area contributed by atoms with Crippen LogP contribution in [0.25, 0.3) is 0 Å². The first kappa shape index (κ1) is 37.1. The SMILES string of the molecule is CC.CC(C)(C)OC(=O)CN1C(=O)CCCc2ccccc21.CC(C)(C)OC(=O)NC(CCC1=CC=CCC=C1)C(=O)O. The number of aryl methyl sites for hydroxylation is 1. The highest BCUT2D eigenvalue weighted by Crippen LogP contribution is 2.27. The van der Waals surface area contributed by atoms with Gasteiger partial charge in [0.2, 0.25) is 5.91 Å². The number of hydrogen-bond acceptors (Lipinski definition) is 6. The molecule has 43 heavy (non-hydrogen) atoms. The largest absolute Gasteiger partial charge is 0.480 e. The van der Waals surface area contributed by atoms with Crippen molar-refractivity contribution in [1.29, 1.82) is 0 Å². The minimum atomic E-state index is -1.06. The number of hydrogen-bond donors (Lipinski definition) is 2. The second-order valence-corrected chi connectivity index (χ2v) is 11.9. The van der Waals surface area contributed by atoms with Crippen LogP contribution in [0.15, 0.2) is 60.2 Å². The van der Waals surface area contributed by atoms with Gasteiger partial charge in [0.25, 0.3) is 0 Å². The molecule has 1 heterocycles. The monoisotopic (exact) mass is 598 g/mol. The molecule has 238 valence electrons. The second-order valence-electron chi connectivity index (χ2n) is 11.9. The summed E-state index contributed by atoms with van der Waals surface area (Å²) in [5.41, 5.74) is 1.81. The van der Waals surface area contributed by atoms with Crippen LogP contribution < -0.4 is 10.2 Å².